The summed E-state index contributed by atoms with van der Waals surface area (Å²) in [4.78, 5) is 38.3. The molecular weight excluding hydrogens is 306 g/mol. The predicted molar refractivity (Wildman–Crippen MR) is 85.4 cm³/mol. The molecule has 0 saturated carbocycles. The molecule has 2 atom stereocenters. The number of amides is 2. The van der Waals surface area contributed by atoms with Crippen molar-refractivity contribution >= 4 is 17.8 Å². The molecule has 1 aliphatic carbocycles. The Hall–Kier alpha value is -2.95. The predicted octanol–water partition coefficient (Wildman–Crippen LogP) is 2.51. The zero-order valence-corrected chi connectivity index (χ0v) is 13.1. The third-order valence-corrected chi connectivity index (χ3v) is 4.59. The van der Waals surface area contributed by atoms with Crippen molar-refractivity contribution in [3.05, 3.63) is 70.8 Å². The molecule has 2 aliphatic rings. The van der Waals surface area contributed by atoms with Crippen LogP contribution in [0.1, 0.15) is 44.9 Å². The molecule has 0 N–H and O–H groups in total. The summed E-state index contributed by atoms with van der Waals surface area (Å²) < 4.78 is 5.47. The van der Waals surface area contributed by atoms with Crippen molar-refractivity contribution < 1.29 is 19.1 Å². The maximum absolute atomic E-state index is 12.7. The monoisotopic (exact) mass is 321 g/mol. The van der Waals surface area contributed by atoms with Crippen molar-refractivity contribution in [2.75, 3.05) is 0 Å². The van der Waals surface area contributed by atoms with Crippen molar-refractivity contribution in [1.82, 2.24) is 4.90 Å². The summed E-state index contributed by atoms with van der Waals surface area (Å²) in [5.74, 6) is -1.09. The lowest BCUT2D eigenvalue weighted by molar-refractivity contribution is -0.148. The molecule has 2 amide bonds. The van der Waals surface area contributed by atoms with Crippen LogP contribution in [0.5, 0.6) is 0 Å². The molecule has 24 heavy (non-hydrogen) atoms. The fourth-order valence-electron chi connectivity index (χ4n) is 3.59. The number of fused-ring (bicyclic) bond motifs is 2. The first-order chi connectivity index (χ1) is 11.6. The average molecular weight is 321 g/mol. The molecule has 5 heteroatoms. The Labute approximate surface area is 138 Å². The van der Waals surface area contributed by atoms with Crippen molar-refractivity contribution in [1.29, 1.82) is 0 Å². The Morgan fingerprint density at radius 3 is 2.21 bits per heavy atom. The lowest BCUT2D eigenvalue weighted by Gasteiger charge is -2.27. The van der Waals surface area contributed by atoms with Crippen molar-refractivity contribution in [3.8, 4) is 0 Å². The molecule has 2 aromatic carbocycles. The summed E-state index contributed by atoms with van der Waals surface area (Å²) in [6, 6.07) is 13.8. The van der Waals surface area contributed by atoms with Gasteiger partial charge in [-0.25, -0.2) is 0 Å². The van der Waals surface area contributed by atoms with E-state index in [1.54, 1.807) is 24.3 Å². The number of rotatable bonds is 2. The number of carbonyl (C=O) groups is 3. The van der Waals surface area contributed by atoms with E-state index in [-0.39, 0.29) is 11.8 Å². The Morgan fingerprint density at radius 1 is 1.00 bits per heavy atom. The summed E-state index contributed by atoms with van der Waals surface area (Å²) in [6.45, 7) is 1.33. The normalized spacial score (nSPS) is 21.6. The number of hydrogen-bond donors (Lipinski definition) is 0. The third kappa shape index (κ3) is 2.05. The topological polar surface area (TPSA) is 63.7 Å². The quantitative estimate of drug-likeness (QED) is 0.630. The Kier molecular flexibility index (Phi) is 3.23. The highest BCUT2D eigenvalue weighted by atomic mass is 16.5. The van der Waals surface area contributed by atoms with Gasteiger partial charge in [-0.2, -0.15) is 0 Å². The summed E-state index contributed by atoms with van der Waals surface area (Å²) in [5, 5.41) is 0. The number of benzene rings is 2. The maximum atomic E-state index is 12.7. The Bertz CT molecular complexity index is 838. The highest BCUT2D eigenvalue weighted by molar-refractivity contribution is 6.21. The SMILES string of the molecule is CC(=O)O[C@H]1c2ccccc2C[C@@H]1N1C(=O)c2ccccc2C1=O. The van der Waals surface area contributed by atoms with E-state index >= 15 is 0 Å². The second kappa shape index (κ2) is 5.30. The van der Waals surface area contributed by atoms with Gasteiger partial charge >= 0.3 is 5.97 Å². The molecule has 0 fully saturated rings. The van der Waals surface area contributed by atoms with Gasteiger partial charge in [-0.1, -0.05) is 36.4 Å². The molecule has 0 radical (unpaired) electrons. The standard InChI is InChI=1S/C19H15NO4/c1-11(21)24-17-13-7-3-2-6-12(13)10-16(17)20-18(22)14-8-4-5-9-15(14)19(20)23/h2-9,16-17H,10H2,1H3/t16-,17-/m0/s1. The van der Waals surface area contributed by atoms with Gasteiger partial charge in [0.25, 0.3) is 11.8 Å². The van der Waals surface area contributed by atoms with Gasteiger partial charge in [0.1, 0.15) is 6.10 Å². The van der Waals surface area contributed by atoms with Gasteiger partial charge in [0.05, 0.1) is 17.2 Å². The second-order valence-electron chi connectivity index (χ2n) is 6.03. The first-order valence-corrected chi connectivity index (χ1v) is 7.80. The van der Waals surface area contributed by atoms with Crippen molar-refractivity contribution in [3.63, 3.8) is 0 Å². The van der Waals surface area contributed by atoms with E-state index in [4.69, 9.17) is 4.74 Å². The number of carbonyl (C=O) groups excluding carboxylic acids is 3. The number of hydrogen-bond acceptors (Lipinski definition) is 4. The molecule has 0 saturated heterocycles. The molecule has 2 aromatic rings. The van der Waals surface area contributed by atoms with Gasteiger partial charge in [-0.15, -0.1) is 0 Å². The maximum Gasteiger partial charge on any atom is 0.303 e. The summed E-state index contributed by atoms with van der Waals surface area (Å²) >= 11 is 0. The zero-order chi connectivity index (χ0) is 16.8. The molecule has 4 rings (SSSR count). The van der Waals surface area contributed by atoms with E-state index in [1.807, 2.05) is 24.3 Å². The van der Waals surface area contributed by atoms with Gasteiger partial charge in [-0.3, -0.25) is 19.3 Å². The number of imide groups is 1. The van der Waals surface area contributed by atoms with Gasteiger partial charge in [0.2, 0.25) is 0 Å². The fraction of sp³-hybridized carbons (Fsp3) is 0.211. The summed E-state index contributed by atoms with van der Waals surface area (Å²) in [5.41, 5.74) is 2.65. The molecule has 0 spiro atoms. The average Bonchev–Trinajstić information content (AvgIpc) is 3.04. The molecule has 0 unspecified atom stereocenters. The minimum Gasteiger partial charge on any atom is -0.455 e. The first-order valence-electron chi connectivity index (χ1n) is 7.80. The van der Waals surface area contributed by atoms with Crippen LogP contribution in [0.15, 0.2) is 48.5 Å². The first kappa shape index (κ1) is 14.6. The van der Waals surface area contributed by atoms with Crippen LogP contribution in [0.3, 0.4) is 0 Å². The van der Waals surface area contributed by atoms with Crippen molar-refractivity contribution in [2.24, 2.45) is 0 Å². The lowest BCUT2D eigenvalue weighted by atomic mass is 10.1. The molecule has 5 nitrogen and oxygen atoms in total. The highest BCUT2D eigenvalue weighted by Crippen LogP contribution is 2.40. The molecule has 0 aromatic heterocycles. The van der Waals surface area contributed by atoms with E-state index in [2.05, 4.69) is 0 Å². The minimum absolute atomic E-state index is 0.328. The van der Waals surface area contributed by atoms with Crippen LogP contribution >= 0.6 is 0 Å². The van der Waals surface area contributed by atoms with E-state index in [9.17, 15) is 14.4 Å². The number of ether oxygens (including phenoxy) is 1. The van der Waals surface area contributed by atoms with Crippen LogP contribution in [-0.4, -0.2) is 28.7 Å². The fourth-order valence-corrected chi connectivity index (χ4v) is 3.59. The van der Waals surface area contributed by atoms with E-state index in [0.717, 1.165) is 11.1 Å². The van der Waals surface area contributed by atoms with Crippen LogP contribution in [0.2, 0.25) is 0 Å². The van der Waals surface area contributed by atoms with Crippen LogP contribution < -0.4 is 0 Å². The number of nitrogens with zero attached hydrogens (tertiary/aromatic N) is 1. The minimum atomic E-state index is -0.624. The van der Waals surface area contributed by atoms with Crippen molar-refractivity contribution in [2.45, 2.75) is 25.5 Å². The summed E-state index contributed by atoms with van der Waals surface area (Å²) in [6.07, 6.45) is -0.138. The summed E-state index contributed by atoms with van der Waals surface area (Å²) in [7, 11) is 0. The Morgan fingerprint density at radius 2 is 1.58 bits per heavy atom. The second-order valence-corrected chi connectivity index (χ2v) is 6.03. The molecule has 1 heterocycles. The van der Waals surface area contributed by atoms with Gasteiger partial charge in [-0.05, 0) is 29.7 Å². The van der Waals surface area contributed by atoms with Gasteiger partial charge < -0.3 is 4.74 Å². The number of esters is 1. The molecule has 0 bridgehead atoms. The smallest absolute Gasteiger partial charge is 0.303 e. The third-order valence-electron chi connectivity index (χ3n) is 4.59. The van der Waals surface area contributed by atoms with E-state index in [1.165, 1.54) is 11.8 Å². The molecular formula is C19H15NO4. The Balaban J connectivity index is 1.76. The van der Waals surface area contributed by atoms with Crippen LogP contribution in [0.25, 0.3) is 0 Å². The molecule has 1 aliphatic heterocycles. The van der Waals surface area contributed by atoms with Gasteiger partial charge in [0.15, 0.2) is 0 Å². The highest BCUT2D eigenvalue weighted by Gasteiger charge is 2.47. The largest absolute Gasteiger partial charge is 0.455 e. The molecule has 120 valence electrons. The van der Waals surface area contributed by atoms with E-state index < -0.39 is 18.1 Å². The van der Waals surface area contributed by atoms with Crippen LogP contribution in [0.4, 0.5) is 0 Å². The van der Waals surface area contributed by atoms with Crippen LogP contribution in [-0.2, 0) is 16.0 Å². The zero-order valence-electron chi connectivity index (χ0n) is 13.1. The van der Waals surface area contributed by atoms with E-state index in [0.29, 0.717) is 17.5 Å². The lowest BCUT2D eigenvalue weighted by Crippen LogP contribution is -2.43. The van der Waals surface area contributed by atoms with Gasteiger partial charge in [0, 0.05) is 6.92 Å². The van der Waals surface area contributed by atoms with Crippen LogP contribution in [0, 0.1) is 0 Å².